The molecule has 0 radical (unpaired) electrons. The van der Waals surface area contributed by atoms with E-state index in [1.165, 1.54) is 5.56 Å². The van der Waals surface area contributed by atoms with Crippen LogP contribution in [0.4, 0.5) is 0 Å². The molecule has 0 aliphatic heterocycles. The molecule has 2 N–H and O–H groups in total. The summed E-state index contributed by atoms with van der Waals surface area (Å²) >= 11 is 0. The van der Waals surface area contributed by atoms with Crippen LogP contribution in [0, 0.1) is 0 Å². The van der Waals surface area contributed by atoms with Crippen molar-refractivity contribution in [2.45, 2.75) is 19.1 Å². The van der Waals surface area contributed by atoms with E-state index in [0.717, 1.165) is 16.7 Å². The summed E-state index contributed by atoms with van der Waals surface area (Å²) in [6.07, 6.45) is 0.461. The van der Waals surface area contributed by atoms with Crippen molar-refractivity contribution in [2.24, 2.45) is 5.73 Å². The third-order valence-corrected chi connectivity index (χ3v) is 4.04. The van der Waals surface area contributed by atoms with Crippen LogP contribution in [0.15, 0.2) is 84.9 Å². The number of hydrogen-bond donors (Lipinski definition) is 1. The lowest BCUT2D eigenvalue weighted by atomic mass is 10.0. The average Bonchev–Trinajstić information content (AvgIpc) is 2.68. The summed E-state index contributed by atoms with van der Waals surface area (Å²) in [6.45, 7) is 0.250. The number of hydrogen-bond acceptors (Lipinski definition) is 3. The molecule has 0 aliphatic rings. The van der Waals surface area contributed by atoms with Gasteiger partial charge in [-0.15, -0.1) is 0 Å². The molecule has 0 amide bonds. The van der Waals surface area contributed by atoms with E-state index in [2.05, 4.69) is 12.1 Å². The minimum atomic E-state index is -0.661. The largest absolute Gasteiger partial charge is 0.460 e. The van der Waals surface area contributed by atoms with Crippen molar-refractivity contribution in [1.82, 2.24) is 0 Å². The molecule has 3 rings (SSSR count). The van der Waals surface area contributed by atoms with Gasteiger partial charge in [0.1, 0.15) is 12.6 Å². The summed E-state index contributed by atoms with van der Waals surface area (Å²) in [5.74, 6) is -0.379. The Morgan fingerprint density at radius 2 is 1.32 bits per heavy atom. The van der Waals surface area contributed by atoms with E-state index in [1.54, 1.807) is 0 Å². The van der Waals surface area contributed by atoms with E-state index in [4.69, 9.17) is 10.5 Å². The molecule has 3 nitrogen and oxygen atoms in total. The molecule has 0 spiro atoms. The van der Waals surface area contributed by atoms with Gasteiger partial charge in [-0.25, -0.2) is 0 Å². The highest BCUT2D eigenvalue weighted by Gasteiger charge is 2.15. The molecule has 0 heterocycles. The maximum atomic E-state index is 12.1. The van der Waals surface area contributed by atoms with E-state index < -0.39 is 6.04 Å². The number of esters is 1. The van der Waals surface area contributed by atoms with Crippen LogP contribution >= 0.6 is 0 Å². The molecule has 0 saturated heterocycles. The van der Waals surface area contributed by atoms with E-state index in [1.807, 2.05) is 72.8 Å². The first-order valence-electron chi connectivity index (χ1n) is 8.33. The number of carbonyl (C=O) groups is 1. The van der Waals surface area contributed by atoms with Crippen molar-refractivity contribution in [3.05, 3.63) is 96.1 Å². The molecule has 126 valence electrons. The first kappa shape index (κ1) is 16.9. The molecule has 3 heteroatoms. The van der Waals surface area contributed by atoms with Crippen molar-refractivity contribution in [2.75, 3.05) is 0 Å². The van der Waals surface area contributed by atoms with Gasteiger partial charge in [-0.3, -0.25) is 4.79 Å². The predicted molar refractivity (Wildman–Crippen MR) is 99.8 cm³/mol. The zero-order chi connectivity index (χ0) is 17.5. The summed E-state index contributed by atoms with van der Waals surface area (Å²) < 4.78 is 5.29. The van der Waals surface area contributed by atoms with Crippen LogP contribution in [0.25, 0.3) is 11.1 Å². The Morgan fingerprint density at radius 3 is 1.96 bits per heavy atom. The summed E-state index contributed by atoms with van der Waals surface area (Å²) in [5.41, 5.74) is 10.3. The summed E-state index contributed by atoms with van der Waals surface area (Å²) in [5, 5.41) is 0. The van der Waals surface area contributed by atoms with Gasteiger partial charge in [0, 0.05) is 0 Å². The van der Waals surface area contributed by atoms with Crippen LogP contribution < -0.4 is 5.73 Å². The Labute approximate surface area is 148 Å². The molecule has 0 aliphatic carbocycles. The van der Waals surface area contributed by atoms with E-state index in [0.29, 0.717) is 6.42 Å². The van der Waals surface area contributed by atoms with E-state index >= 15 is 0 Å². The molecule has 0 aromatic heterocycles. The van der Waals surface area contributed by atoms with Gasteiger partial charge in [-0.05, 0) is 28.7 Å². The second kappa shape index (κ2) is 8.27. The number of ether oxygens (including phenoxy) is 1. The second-order valence-electron chi connectivity index (χ2n) is 5.97. The van der Waals surface area contributed by atoms with Crippen molar-refractivity contribution < 1.29 is 9.53 Å². The monoisotopic (exact) mass is 331 g/mol. The molecule has 1 atom stereocenters. The third kappa shape index (κ3) is 4.78. The van der Waals surface area contributed by atoms with Gasteiger partial charge >= 0.3 is 5.97 Å². The first-order valence-corrected chi connectivity index (χ1v) is 8.33. The van der Waals surface area contributed by atoms with Gasteiger partial charge in [0.25, 0.3) is 0 Å². The lowest BCUT2D eigenvalue weighted by molar-refractivity contribution is -0.146. The number of nitrogens with two attached hydrogens (primary N) is 1. The van der Waals surface area contributed by atoms with Crippen molar-refractivity contribution in [3.8, 4) is 11.1 Å². The lowest BCUT2D eigenvalue weighted by Crippen LogP contribution is -2.34. The second-order valence-corrected chi connectivity index (χ2v) is 5.97. The minimum Gasteiger partial charge on any atom is -0.460 e. The molecule has 25 heavy (non-hydrogen) atoms. The van der Waals surface area contributed by atoms with Crippen LogP contribution in [-0.2, 0) is 22.6 Å². The first-order chi connectivity index (χ1) is 12.2. The fourth-order valence-electron chi connectivity index (χ4n) is 2.64. The van der Waals surface area contributed by atoms with Crippen LogP contribution in [0.1, 0.15) is 11.1 Å². The average molecular weight is 331 g/mol. The predicted octanol–water partition coefficient (Wildman–Crippen LogP) is 3.97. The normalized spacial score (nSPS) is 11.7. The lowest BCUT2D eigenvalue weighted by Gasteiger charge is -2.12. The van der Waals surface area contributed by atoms with E-state index in [9.17, 15) is 4.79 Å². The molecule has 0 unspecified atom stereocenters. The zero-order valence-electron chi connectivity index (χ0n) is 14.0. The number of rotatable bonds is 6. The van der Waals surface area contributed by atoms with Crippen LogP contribution in [0.3, 0.4) is 0 Å². The number of carbonyl (C=O) groups excluding carboxylic acids is 1. The smallest absolute Gasteiger partial charge is 0.323 e. The fraction of sp³-hybridized carbons (Fsp3) is 0.136. The summed E-state index contributed by atoms with van der Waals surface area (Å²) in [4.78, 5) is 12.1. The Hall–Kier alpha value is -2.91. The maximum Gasteiger partial charge on any atom is 0.323 e. The third-order valence-electron chi connectivity index (χ3n) is 4.04. The van der Waals surface area contributed by atoms with Crippen LogP contribution in [-0.4, -0.2) is 12.0 Å². The van der Waals surface area contributed by atoms with Gasteiger partial charge in [-0.1, -0.05) is 84.9 Å². The van der Waals surface area contributed by atoms with Crippen LogP contribution in [0.5, 0.6) is 0 Å². The van der Waals surface area contributed by atoms with Gasteiger partial charge < -0.3 is 10.5 Å². The highest BCUT2D eigenvalue weighted by Crippen LogP contribution is 2.19. The quantitative estimate of drug-likeness (QED) is 0.696. The molecule has 0 saturated carbocycles. The maximum absolute atomic E-state index is 12.1. The van der Waals surface area contributed by atoms with Crippen LogP contribution in [0.2, 0.25) is 0 Å². The molecule has 3 aromatic carbocycles. The molecule has 0 bridgehead atoms. The molecule has 3 aromatic rings. The molecular formula is C22H21NO2. The summed E-state index contributed by atoms with van der Waals surface area (Å²) in [7, 11) is 0. The highest BCUT2D eigenvalue weighted by molar-refractivity contribution is 5.76. The van der Waals surface area contributed by atoms with E-state index in [-0.39, 0.29) is 12.6 Å². The van der Waals surface area contributed by atoms with Gasteiger partial charge in [0.15, 0.2) is 0 Å². The number of benzene rings is 3. The van der Waals surface area contributed by atoms with Crippen molar-refractivity contribution >= 4 is 5.97 Å². The standard InChI is InChI=1S/C22H21NO2/c23-21(22(24)25-16-18-7-3-1-4-8-18)15-17-11-13-20(14-12-17)19-9-5-2-6-10-19/h1-14,21H,15-16,23H2/t21-/m0/s1. The van der Waals surface area contributed by atoms with Crippen molar-refractivity contribution in [1.29, 1.82) is 0 Å². The SMILES string of the molecule is N[C@@H](Cc1ccc(-c2ccccc2)cc1)C(=O)OCc1ccccc1. The fourth-order valence-corrected chi connectivity index (χ4v) is 2.64. The Kier molecular flexibility index (Phi) is 5.60. The highest BCUT2D eigenvalue weighted by atomic mass is 16.5. The van der Waals surface area contributed by atoms with Crippen molar-refractivity contribution in [3.63, 3.8) is 0 Å². The van der Waals surface area contributed by atoms with Gasteiger partial charge in [-0.2, -0.15) is 0 Å². The molecule has 0 fully saturated rings. The Balaban J connectivity index is 1.55. The zero-order valence-corrected chi connectivity index (χ0v) is 14.0. The molecular weight excluding hydrogens is 310 g/mol. The minimum absolute atomic E-state index is 0.250. The topological polar surface area (TPSA) is 52.3 Å². The Bertz CT molecular complexity index is 798. The summed E-state index contributed by atoms with van der Waals surface area (Å²) in [6, 6.07) is 27.2. The Morgan fingerprint density at radius 1 is 0.760 bits per heavy atom. The van der Waals surface area contributed by atoms with Gasteiger partial charge in [0.2, 0.25) is 0 Å². The van der Waals surface area contributed by atoms with Gasteiger partial charge in [0.05, 0.1) is 0 Å².